The van der Waals surface area contributed by atoms with Crippen molar-refractivity contribution < 1.29 is 76.4 Å². The van der Waals surface area contributed by atoms with Gasteiger partial charge in [-0.25, -0.2) is 0 Å². The first-order valence-corrected chi connectivity index (χ1v) is 43.1. The summed E-state index contributed by atoms with van der Waals surface area (Å²) in [6.45, 7) is 11.7. The third-order valence-electron chi connectivity index (χ3n) is 26.0. The van der Waals surface area contributed by atoms with Crippen molar-refractivity contribution in [1.82, 2.24) is 49.8 Å². The minimum absolute atomic E-state index is 0.107. The average molecular weight is 1810 g/mol. The van der Waals surface area contributed by atoms with Crippen LogP contribution in [0.15, 0.2) is 213 Å². The minimum atomic E-state index is -4.95. The Bertz CT molecular complexity index is 7750. The molecule has 5 N–H and O–H groups in total. The molecule has 133 heavy (non-hydrogen) atoms. The van der Waals surface area contributed by atoms with Crippen molar-refractivity contribution in [2.24, 2.45) is 23.2 Å². The van der Waals surface area contributed by atoms with E-state index in [9.17, 15) is 52.7 Å². The highest BCUT2D eigenvalue weighted by atomic mass is 19.4. The summed E-state index contributed by atoms with van der Waals surface area (Å²) in [5.41, 5.74) is 15.9. The maximum absolute atomic E-state index is 13.4. The van der Waals surface area contributed by atoms with Gasteiger partial charge in [0.2, 0.25) is 0 Å². The van der Waals surface area contributed by atoms with Gasteiger partial charge in [-0.05, 0) is 254 Å². The van der Waals surface area contributed by atoms with Crippen LogP contribution in [0.5, 0.6) is 28.7 Å². The Balaban J connectivity index is 0.000000112. The molecule has 4 aliphatic carbocycles. The van der Waals surface area contributed by atoms with Crippen LogP contribution in [-0.4, -0.2) is 85.4 Å². The van der Waals surface area contributed by atoms with Crippen LogP contribution in [0.4, 0.5) is 52.7 Å². The van der Waals surface area contributed by atoms with Gasteiger partial charge in [0.05, 0.1) is 147 Å². The smallest absolute Gasteiger partial charge is 0.416 e. The van der Waals surface area contributed by atoms with Gasteiger partial charge >= 0.3 is 24.7 Å². The number of hydrogen-bond donors (Lipinski definition) is 5. The first-order valence-electron chi connectivity index (χ1n) is 43.1. The molecule has 10 aromatic heterocycles. The molecule has 0 aliphatic heterocycles. The fraction of sp³-hybridized carbons (Fsp3) is 0.236. The van der Waals surface area contributed by atoms with Crippen LogP contribution in [0, 0.1) is 76.6 Å². The van der Waals surface area contributed by atoms with Gasteiger partial charge < -0.3 is 48.6 Å². The van der Waals surface area contributed by atoms with Gasteiger partial charge in [0.25, 0.3) is 0 Å². The van der Waals surface area contributed by atoms with E-state index in [1.807, 2.05) is 69.6 Å². The lowest BCUT2D eigenvalue weighted by atomic mass is 9.50. The molecule has 4 aliphatic rings. The number of hydrogen-bond acceptors (Lipinski definition) is 10. The largest absolute Gasteiger partial charge is 0.496 e. The Hall–Kier alpha value is -14.6. The fourth-order valence-electron chi connectivity index (χ4n) is 20.1. The Labute approximate surface area is 754 Å². The number of aromatic amines is 5. The quantitative estimate of drug-likeness (QED) is 0.0687. The zero-order valence-corrected chi connectivity index (χ0v) is 74.0. The summed E-state index contributed by atoms with van der Waals surface area (Å²) in [6, 6.07) is 49.2. The second-order valence-electron chi connectivity index (χ2n) is 34.3. The van der Waals surface area contributed by atoms with Gasteiger partial charge in [-0.2, -0.15) is 52.7 Å². The lowest BCUT2D eigenvalue weighted by Gasteiger charge is -2.54. The fourth-order valence-corrected chi connectivity index (χ4v) is 20.1. The number of nitrogens with one attached hydrogen (secondary N) is 5. The molecule has 23 rings (SSSR count). The number of alkyl halides is 12. The number of benzene rings is 9. The third-order valence-corrected chi connectivity index (χ3v) is 26.0. The highest BCUT2D eigenvalue weighted by Crippen LogP contribution is 2.60. The van der Waals surface area contributed by atoms with E-state index in [4.69, 9.17) is 23.7 Å². The molecule has 0 atom stereocenters. The predicted molar refractivity (Wildman–Crippen MR) is 498 cm³/mol. The number of aryl methyl sites for hydroxylation is 6. The van der Waals surface area contributed by atoms with E-state index in [0.717, 1.165) is 170 Å². The van der Waals surface area contributed by atoms with Gasteiger partial charge in [0.1, 0.15) is 28.7 Å². The van der Waals surface area contributed by atoms with Gasteiger partial charge in [0, 0.05) is 113 Å². The van der Waals surface area contributed by atoms with E-state index >= 15 is 0 Å². The first-order chi connectivity index (χ1) is 63.6. The van der Waals surface area contributed by atoms with Crippen molar-refractivity contribution in [2.75, 3.05) is 35.5 Å². The summed E-state index contributed by atoms with van der Waals surface area (Å²) in [4.78, 5) is 38.6. The summed E-state index contributed by atoms with van der Waals surface area (Å²) in [6.07, 6.45) is -1.59. The van der Waals surface area contributed by atoms with Crippen LogP contribution in [-0.2, 0) is 24.7 Å². The number of rotatable bonds is 9. The second-order valence-corrected chi connectivity index (χ2v) is 34.3. The zero-order valence-electron chi connectivity index (χ0n) is 74.0. The van der Waals surface area contributed by atoms with Crippen LogP contribution < -0.4 is 23.7 Å². The molecule has 0 amide bonds. The number of methoxy groups -OCH3 is 5. The molecule has 27 heteroatoms. The molecular weight excluding hydrogens is 1720 g/mol. The minimum Gasteiger partial charge on any atom is -0.496 e. The lowest BCUT2D eigenvalue weighted by molar-refractivity contribution is -0.143. The molecular formula is C106H88F12N10O5. The number of H-pyrrole nitrogens is 5. The third kappa shape index (κ3) is 16.8. The van der Waals surface area contributed by atoms with E-state index in [0.29, 0.717) is 62.4 Å². The van der Waals surface area contributed by atoms with Crippen molar-refractivity contribution in [1.29, 1.82) is 0 Å². The Morgan fingerprint density at radius 1 is 0.286 bits per heavy atom. The molecule has 4 bridgehead atoms. The average Bonchev–Trinajstić information content (AvgIpc) is 1.60. The van der Waals surface area contributed by atoms with Crippen LogP contribution >= 0.6 is 0 Å². The Morgan fingerprint density at radius 3 is 0.902 bits per heavy atom. The maximum atomic E-state index is 13.4. The van der Waals surface area contributed by atoms with Gasteiger partial charge in [0.15, 0.2) is 0 Å². The number of ether oxygens (including phenoxy) is 5. The number of fused-ring (bicyclic) bond motifs is 15. The van der Waals surface area contributed by atoms with Crippen molar-refractivity contribution in [3.05, 3.63) is 275 Å². The van der Waals surface area contributed by atoms with Crippen molar-refractivity contribution in [3.8, 4) is 85.1 Å². The van der Waals surface area contributed by atoms with E-state index in [2.05, 4.69) is 130 Å². The first kappa shape index (κ1) is 89.1. The van der Waals surface area contributed by atoms with Gasteiger partial charge in [-0.15, -0.1) is 0 Å². The molecule has 19 aromatic rings. The maximum Gasteiger partial charge on any atom is 0.416 e. The number of nitrogens with zero attached hydrogens (tertiary/aromatic N) is 5. The number of pyridine rings is 5. The summed E-state index contributed by atoms with van der Waals surface area (Å²) in [5, 5.41) is 10.1. The summed E-state index contributed by atoms with van der Waals surface area (Å²) < 4.78 is 186. The van der Waals surface area contributed by atoms with Crippen LogP contribution in [0.2, 0.25) is 0 Å². The zero-order chi connectivity index (χ0) is 93.6. The summed E-state index contributed by atoms with van der Waals surface area (Å²) in [7, 11) is 7.82. The molecule has 0 spiro atoms. The van der Waals surface area contributed by atoms with E-state index in [1.54, 1.807) is 71.1 Å². The normalized spacial score (nSPS) is 15.9. The predicted octanol–water partition coefficient (Wildman–Crippen LogP) is 28.8. The summed E-state index contributed by atoms with van der Waals surface area (Å²) in [5.74, 6) is 13.2. The highest BCUT2D eigenvalue weighted by Gasteiger charge is 2.50. The van der Waals surface area contributed by atoms with E-state index in [-0.39, 0.29) is 28.4 Å². The molecule has 676 valence electrons. The second kappa shape index (κ2) is 34.6. The molecule has 9 aromatic carbocycles. The van der Waals surface area contributed by atoms with Gasteiger partial charge in [-0.3, -0.25) is 24.9 Å². The molecule has 0 radical (unpaired) electrons. The lowest BCUT2D eigenvalue weighted by Crippen LogP contribution is -2.45. The number of aromatic nitrogens is 10. The standard InChI is InChI=1S/C25H26N2O.C21H14F6N2O.2C20H15F3N2O.C20H18N2O/c1-15-23-20(6-8-26-15)19-3-4-22(28-2)21(24(19)27-23)5-7-25-12-16-9-17(13-25)11-18(10-16)14-25;1-10-18-15(5-6-28-10)14-3-4-16(30-2)17(19(14)29-18)11-7-12(20(22,23)24)9-13(8-11)21(25,26)27;1-11-18-15(9-10-24-11)14-7-8-16(26-2)17(19(14)25-18)12-3-5-13(6-4-12)20(21,22)23;1-11-18-15(8-9-24-11)14-6-7-16(26-2)17(19(14)25-18)12-4-3-5-13(10-12)20(21,22)23;1-12-4-6-14(7-5-12)18-17(23-3)9-8-15-16-10-11-21-13(2)19(16)22-20(15)18/h3-4,6,8,16-18,27H,9-14H2,1-2H3;3-9,29H,1-2H3;2*3-10,25H,1-2H3;4-11,22H,1-3H3. The van der Waals surface area contributed by atoms with Crippen LogP contribution in [0.3, 0.4) is 0 Å². The van der Waals surface area contributed by atoms with Crippen molar-refractivity contribution >= 4 is 109 Å². The molecule has 0 unspecified atom stereocenters. The van der Waals surface area contributed by atoms with Crippen molar-refractivity contribution in [2.45, 2.75) is 105 Å². The van der Waals surface area contributed by atoms with E-state index < -0.39 is 47.0 Å². The van der Waals surface area contributed by atoms with Crippen LogP contribution in [0.25, 0.3) is 154 Å². The SMILES string of the molecule is COc1ccc2c([nH]c3c(C)nccc32)c1-c1cc(C(F)(F)F)cc(C(F)(F)F)c1.COc1ccc2c([nH]c3c(C)nccc32)c1-c1ccc(C(F)(F)F)cc1.COc1ccc2c([nH]c3c(C)nccc32)c1-c1ccc(C)cc1.COc1ccc2c([nH]c3c(C)nccc32)c1-c1cccc(C(F)(F)F)c1.COc1ccc2c([nH]c3c(C)nccc32)c1C#CC12CC3CC(CC(C3)C1)C2. The molecule has 0 saturated heterocycles. The Morgan fingerprint density at radius 2 is 0.571 bits per heavy atom. The Kier molecular flexibility index (Phi) is 23.2. The van der Waals surface area contributed by atoms with Crippen LogP contribution in [0.1, 0.15) is 100 Å². The summed E-state index contributed by atoms with van der Waals surface area (Å²) >= 11 is 0. The highest BCUT2D eigenvalue weighted by molar-refractivity contribution is 6.17. The molecule has 4 fully saturated rings. The topological polar surface area (TPSA) is 190 Å². The molecule has 15 nitrogen and oxygen atoms in total. The van der Waals surface area contributed by atoms with Gasteiger partial charge in [-0.1, -0.05) is 65.9 Å². The van der Waals surface area contributed by atoms with E-state index in [1.165, 1.54) is 104 Å². The molecule has 10 heterocycles. The number of halogens is 12. The monoisotopic (exact) mass is 1810 g/mol. The molecule has 4 saturated carbocycles. The van der Waals surface area contributed by atoms with Crippen molar-refractivity contribution in [3.63, 3.8) is 0 Å².